The van der Waals surface area contributed by atoms with Crippen molar-refractivity contribution in [2.75, 3.05) is 19.8 Å². The highest BCUT2D eigenvalue weighted by Crippen LogP contribution is 2.28. The minimum atomic E-state index is -0.715. The Balaban J connectivity index is 1.52. The number of aliphatic hydroxyl groups excluding tert-OH is 1. The van der Waals surface area contributed by atoms with Crippen LogP contribution in [0.4, 0.5) is 0 Å². The molecule has 1 aromatic heterocycles. The monoisotopic (exact) mass is 334 g/mol. The van der Waals surface area contributed by atoms with Crippen molar-refractivity contribution in [2.45, 2.75) is 18.9 Å². The van der Waals surface area contributed by atoms with Gasteiger partial charge >= 0.3 is 0 Å². The Morgan fingerprint density at radius 3 is 2.96 bits per heavy atom. The number of hydrogen-bond donors (Lipinski definition) is 2. The van der Waals surface area contributed by atoms with Gasteiger partial charge in [-0.25, -0.2) is 4.98 Å². The van der Waals surface area contributed by atoms with Crippen LogP contribution in [0.15, 0.2) is 30.3 Å². The molecule has 1 unspecified atom stereocenters. The molecule has 1 fully saturated rings. The summed E-state index contributed by atoms with van der Waals surface area (Å²) in [6.45, 7) is 1.06. The third kappa shape index (κ3) is 4.64. The van der Waals surface area contributed by atoms with Gasteiger partial charge in [-0.15, -0.1) is 0 Å². The summed E-state index contributed by atoms with van der Waals surface area (Å²) in [7, 11) is 0. The molecule has 122 valence electrons. The van der Waals surface area contributed by atoms with E-state index in [0.717, 1.165) is 5.39 Å². The first-order valence-electron chi connectivity index (χ1n) is 7.72. The Morgan fingerprint density at radius 1 is 1.39 bits per heavy atom. The fourth-order valence-electron chi connectivity index (χ4n) is 2.23. The SMILES string of the molecule is O=C(NCC(O)COCC1CC1)c1ccc2ccc(Cl)cc2n1. The maximum atomic E-state index is 12.1. The summed E-state index contributed by atoms with van der Waals surface area (Å²) in [4.78, 5) is 16.4. The van der Waals surface area contributed by atoms with Gasteiger partial charge in [0.05, 0.1) is 18.2 Å². The van der Waals surface area contributed by atoms with E-state index in [2.05, 4.69) is 10.3 Å². The lowest BCUT2D eigenvalue weighted by atomic mass is 10.2. The molecule has 1 aromatic carbocycles. The van der Waals surface area contributed by atoms with Crippen LogP contribution in [0.1, 0.15) is 23.3 Å². The predicted octanol–water partition coefficient (Wildman–Crippen LogP) is 2.41. The van der Waals surface area contributed by atoms with Crippen molar-refractivity contribution in [2.24, 2.45) is 5.92 Å². The van der Waals surface area contributed by atoms with Crippen molar-refractivity contribution in [3.05, 3.63) is 41.0 Å². The van der Waals surface area contributed by atoms with Gasteiger partial charge in [-0.2, -0.15) is 0 Å². The van der Waals surface area contributed by atoms with Crippen LogP contribution in [0.5, 0.6) is 0 Å². The fraction of sp³-hybridized carbons (Fsp3) is 0.412. The Labute approximate surface area is 139 Å². The van der Waals surface area contributed by atoms with Gasteiger partial charge < -0.3 is 15.2 Å². The van der Waals surface area contributed by atoms with E-state index in [4.69, 9.17) is 16.3 Å². The van der Waals surface area contributed by atoms with Crippen LogP contribution in [0.25, 0.3) is 10.9 Å². The molecule has 0 radical (unpaired) electrons. The molecule has 0 saturated heterocycles. The first-order valence-corrected chi connectivity index (χ1v) is 8.10. The number of hydrogen-bond acceptors (Lipinski definition) is 4. The minimum Gasteiger partial charge on any atom is -0.389 e. The van der Waals surface area contributed by atoms with Crippen LogP contribution in [0, 0.1) is 5.92 Å². The van der Waals surface area contributed by atoms with E-state index >= 15 is 0 Å². The number of nitrogens with one attached hydrogen (secondary N) is 1. The van der Waals surface area contributed by atoms with Crippen molar-refractivity contribution in [3.63, 3.8) is 0 Å². The van der Waals surface area contributed by atoms with Gasteiger partial charge in [0.25, 0.3) is 5.91 Å². The maximum absolute atomic E-state index is 12.1. The quantitative estimate of drug-likeness (QED) is 0.815. The average Bonchev–Trinajstić information content (AvgIpc) is 3.36. The topological polar surface area (TPSA) is 71.5 Å². The van der Waals surface area contributed by atoms with Gasteiger partial charge in [-0.1, -0.05) is 23.7 Å². The zero-order valence-corrected chi connectivity index (χ0v) is 13.4. The average molecular weight is 335 g/mol. The molecule has 1 aliphatic rings. The van der Waals surface area contributed by atoms with Crippen LogP contribution in [-0.2, 0) is 4.74 Å². The van der Waals surface area contributed by atoms with E-state index in [0.29, 0.717) is 28.8 Å². The zero-order chi connectivity index (χ0) is 16.2. The summed E-state index contributed by atoms with van der Waals surface area (Å²) in [6.07, 6.45) is 1.71. The number of carbonyl (C=O) groups excluding carboxylic acids is 1. The molecule has 3 rings (SSSR count). The Bertz CT molecular complexity index is 703. The van der Waals surface area contributed by atoms with Crippen LogP contribution in [0.2, 0.25) is 5.02 Å². The molecule has 1 saturated carbocycles. The highest BCUT2D eigenvalue weighted by molar-refractivity contribution is 6.31. The van der Waals surface area contributed by atoms with Crippen LogP contribution < -0.4 is 5.32 Å². The first-order chi connectivity index (χ1) is 11.1. The van der Waals surface area contributed by atoms with E-state index < -0.39 is 6.10 Å². The largest absolute Gasteiger partial charge is 0.389 e. The Hall–Kier alpha value is -1.69. The zero-order valence-electron chi connectivity index (χ0n) is 12.7. The molecule has 6 heteroatoms. The van der Waals surface area contributed by atoms with Gasteiger partial charge in [-0.05, 0) is 37.0 Å². The number of benzene rings is 1. The van der Waals surface area contributed by atoms with E-state index in [1.165, 1.54) is 12.8 Å². The molecule has 1 atom stereocenters. The van der Waals surface area contributed by atoms with E-state index in [1.807, 2.05) is 12.1 Å². The number of ether oxygens (including phenoxy) is 1. The number of aromatic nitrogens is 1. The molecule has 1 amide bonds. The molecule has 0 bridgehead atoms. The Morgan fingerprint density at radius 2 is 2.17 bits per heavy atom. The number of pyridine rings is 1. The fourth-order valence-corrected chi connectivity index (χ4v) is 2.40. The number of carbonyl (C=O) groups is 1. The number of nitrogens with zero attached hydrogens (tertiary/aromatic N) is 1. The molecule has 1 aliphatic carbocycles. The number of amides is 1. The van der Waals surface area contributed by atoms with E-state index in [9.17, 15) is 9.90 Å². The highest BCUT2D eigenvalue weighted by Gasteiger charge is 2.21. The van der Waals surface area contributed by atoms with Crippen molar-refractivity contribution >= 4 is 28.4 Å². The molecule has 1 heterocycles. The highest BCUT2D eigenvalue weighted by atomic mass is 35.5. The maximum Gasteiger partial charge on any atom is 0.269 e. The summed E-state index contributed by atoms with van der Waals surface area (Å²) in [5.41, 5.74) is 0.962. The molecule has 5 nitrogen and oxygen atoms in total. The van der Waals surface area contributed by atoms with Crippen molar-refractivity contribution in [3.8, 4) is 0 Å². The minimum absolute atomic E-state index is 0.138. The summed E-state index contributed by atoms with van der Waals surface area (Å²) in [5.74, 6) is 0.332. The van der Waals surface area contributed by atoms with Crippen molar-refractivity contribution in [1.29, 1.82) is 0 Å². The second kappa shape index (κ2) is 7.25. The molecule has 0 aliphatic heterocycles. The van der Waals surface area contributed by atoms with Crippen molar-refractivity contribution < 1.29 is 14.6 Å². The Kier molecular flexibility index (Phi) is 5.10. The third-order valence-electron chi connectivity index (χ3n) is 3.75. The second-order valence-electron chi connectivity index (χ2n) is 5.88. The van der Waals surface area contributed by atoms with Gasteiger partial charge in [0.2, 0.25) is 0 Å². The number of halogens is 1. The summed E-state index contributed by atoms with van der Waals surface area (Å²) in [5, 5.41) is 14.0. The number of aliphatic hydroxyl groups is 1. The lowest BCUT2D eigenvalue weighted by Crippen LogP contribution is -2.35. The van der Waals surface area contributed by atoms with Crippen LogP contribution in [-0.4, -0.2) is 41.9 Å². The second-order valence-corrected chi connectivity index (χ2v) is 6.31. The van der Waals surface area contributed by atoms with Gasteiger partial charge in [-0.3, -0.25) is 4.79 Å². The smallest absolute Gasteiger partial charge is 0.269 e. The molecular formula is C17H19ClN2O3. The van der Waals surface area contributed by atoms with Gasteiger partial charge in [0.15, 0.2) is 0 Å². The summed E-state index contributed by atoms with van der Waals surface area (Å²) < 4.78 is 5.40. The lowest BCUT2D eigenvalue weighted by molar-refractivity contribution is 0.0320. The van der Waals surface area contributed by atoms with E-state index in [-0.39, 0.29) is 19.1 Å². The normalized spacial score (nSPS) is 15.6. The first kappa shape index (κ1) is 16.2. The molecule has 2 N–H and O–H groups in total. The third-order valence-corrected chi connectivity index (χ3v) is 3.98. The molecule has 23 heavy (non-hydrogen) atoms. The predicted molar refractivity (Wildman–Crippen MR) is 88.6 cm³/mol. The number of rotatable bonds is 7. The summed E-state index contributed by atoms with van der Waals surface area (Å²) in [6, 6.07) is 8.83. The van der Waals surface area contributed by atoms with Gasteiger partial charge in [0.1, 0.15) is 5.69 Å². The molecular weight excluding hydrogens is 316 g/mol. The van der Waals surface area contributed by atoms with Crippen LogP contribution in [0.3, 0.4) is 0 Å². The standard InChI is InChI=1S/C17H19ClN2O3/c18-13-5-3-12-4-6-15(20-16(12)7-13)17(22)19-8-14(21)10-23-9-11-1-2-11/h3-7,11,14,21H,1-2,8-10H2,(H,19,22). The summed E-state index contributed by atoms with van der Waals surface area (Å²) >= 11 is 5.94. The number of fused-ring (bicyclic) bond motifs is 1. The lowest BCUT2D eigenvalue weighted by Gasteiger charge is -2.12. The van der Waals surface area contributed by atoms with Crippen LogP contribution >= 0.6 is 11.6 Å². The van der Waals surface area contributed by atoms with Gasteiger partial charge in [0, 0.05) is 23.6 Å². The molecule has 2 aromatic rings. The van der Waals surface area contributed by atoms with Crippen molar-refractivity contribution in [1.82, 2.24) is 10.3 Å². The van der Waals surface area contributed by atoms with E-state index in [1.54, 1.807) is 18.2 Å². The molecule has 0 spiro atoms.